The summed E-state index contributed by atoms with van der Waals surface area (Å²) in [6.45, 7) is 7.45. The molecule has 164 valence electrons. The van der Waals surface area contributed by atoms with Crippen molar-refractivity contribution in [1.82, 2.24) is 19.4 Å². The van der Waals surface area contributed by atoms with E-state index in [2.05, 4.69) is 48.0 Å². The van der Waals surface area contributed by atoms with Crippen LogP contribution in [0.15, 0.2) is 52.1 Å². The van der Waals surface area contributed by atoms with Crippen LogP contribution in [0, 0.1) is 5.92 Å². The molecule has 1 aromatic carbocycles. The summed E-state index contributed by atoms with van der Waals surface area (Å²) in [6, 6.07) is 13.9. The van der Waals surface area contributed by atoms with Gasteiger partial charge >= 0.3 is 0 Å². The van der Waals surface area contributed by atoms with Crippen LogP contribution in [-0.4, -0.2) is 32.5 Å². The number of nitrogens with one attached hydrogen (secondary N) is 1. The first-order valence-electron chi connectivity index (χ1n) is 11.5. The predicted molar refractivity (Wildman–Crippen MR) is 124 cm³/mol. The normalized spacial score (nSPS) is 23.2. The van der Waals surface area contributed by atoms with Gasteiger partial charge in [0.15, 0.2) is 0 Å². The number of hydrogen-bond donors (Lipinski definition) is 1. The molecular formula is C26H28N4O2. The lowest BCUT2D eigenvalue weighted by Crippen LogP contribution is -2.47. The molecule has 2 aromatic heterocycles. The Kier molecular flexibility index (Phi) is 4.31. The predicted octanol–water partition coefficient (Wildman–Crippen LogP) is 3.05. The fourth-order valence-corrected chi connectivity index (χ4v) is 6.22. The number of aromatic amines is 1. The standard InChI is InChI=1S/C26H28N4O2/c1-26(2)11-17-6-3-4-7-19(17)24-23(26)25(32)28-21(27-24)15-29-12-16-10-18(14-29)20-8-5-9-22(31)30(20)13-16/h3-9,16,18H,10-15H2,1-2H3,(H,27,28,32)/t16-,18+/m1/s1. The summed E-state index contributed by atoms with van der Waals surface area (Å²) in [5, 5.41) is 0. The molecule has 0 amide bonds. The number of hydrogen-bond acceptors (Lipinski definition) is 4. The molecule has 1 aliphatic carbocycles. The van der Waals surface area contributed by atoms with Gasteiger partial charge in [0.1, 0.15) is 5.82 Å². The topological polar surface area (TPSA) is 71.0 Å². The Balaban J connectivity index is 1.34. The Morgan fingerprint density at radius 1 is 1.06 bits per heavy atom. The first-order valence-corrected chi connectivity index (χ1v) is 11.5. The van der Waals surface area contributed by atoms with E-state index in [0.29, 0.717) is 18.4 Å². The van der Waals surface area contributed by atoms with E-state index < -0.39 is 0 Å². The first kappa shape index (κ1) is 19.7. The molecule has 32 heavy (non-hydrogen) atoms. The lowest BCUT2D eigenvalue weighted by atomic mass is 9.72. The van der Waals surface area contributed by atoms with E-state index in [1.54, 1.807) is 6.07 Å². The smallest absolute Gasteiger partial charge is 0.255 e. The summed E-state index contributed by atoms with van der Waals surface area (Å²) >= 11 is 0. The van der Waals surface area contributed by atoms with Crippen LogP contribution in [0.5, 0.6) is 0 Å². The van der Waals surface area contributed by atoms with Crippen molar-refractivity contribution in [2.75, 3.05) is 13.1 Å². The molecular weight excluding hydrogens is 400 g/mol. The van der Waals surface area contributed by atoms with Gasteiger partial charge in [0.05, 0.1) is 12.2 Å². The minimum Gasteiger partial charge on any atom is -0.312 e. The minimum absolute atomic E-state index is 0.0152. The molecule has 1 fully saturated rings. The van der Waals surface area contributed by atoms with Gasteiger partial charge in [-0.2, -0.15) is 0 Å². The summed E-state index contributed by atoms with van der Waals surface area (Å²) < 4.78 is 1.95. The Hall–Kier alpha value is -2.99. The minimum atomic E-state index is -0.248. The van der Waals surface area contributed by atoms with Crippen molar-refractivity contribution in [3.05, 3.63) is 85.8 Å². The number of H-pyrrole nitrogens is 1. The van der Waals surface area contributed by atoms with Gasteiger partial charge in [-0.3, -0.25) is 14.5 Å². The summed E-state index contributed by atoms with van der Waals surface area (Å²) in [4.78, 5) is 36.0. The molecule has 6 heteroatoms. The van der Waals surface area contributed by atoms with Gasteiger partial charge in [-0.1, -0.05) is 44.2 Å². The van der Waals surface area contributed by atoms with E-state index in [4.69, 9.17) is 4.98 Å². The van der Waals surface area contributed by atoms with Crippen molar-refractivity contribution in [3.8, 4) is 11.3 Å². The zero-order valence-electron chi connectivity index (χ0n) is 18.6. The van der Waals surface area contributed by atoms with E-state index in [1.165, 1.54) is 5.56 Å². The van der Waals surface area contributed by atoms with Crippen molar-refractivity contribution >= 4 is 0 Å². The molecule has 0 radical (unpaired) electrons. The number of rotatable bonds is 2. The molecule has 0 spiro atoms. The van der Waals surface area contributed by atoms with Gasteiger partial charge in [0, 0.05) is 53.9 Å². The molecule has 0 unspecified atom stereocenters. The van der Waals surface area contributed by atoms with Gasteiger partial charge in [0.25, 0.3) is 11.1 Å². The maximum Gasteiger partial charge on any atom is 0.255 e. The molecule has 4 heterocycles. The van der Waals surface area contributed by atoms with Crippen LogP contribution in [0.4, 0.5) is 0 Å². The van der Waals surface area contributed by atoms with E-state index in [-0.39, 0.29) is 16.5 Å². The van der Waals surface area contributed by atoms with Crippen LogP contribution in [0.25, 0.3) is 11.3 Å². The maximum absolute atomic E-state index is 13.2. The van der Waals surface area contributed by atoms with Crippen molar-refractivity contribution in [2.45, 2.75) is 51.1 Å². The Morgan fingerprint density at radius 3 is 2.78 bits per heavy atom. The maximum atomic E-state index is 13.2. The van der Waals surface area contributed by atoms with Crippen molar-refractivity contribution in [1.29, 1.82) is 0 Å². The Bertz CT molecular complexity index is 1340. The third kappa shape index (κ3) is 3.08. The highest BCUT2D eigenvalue weighted by molar-refractivity contribution is 5.71. The average Bonchev–Trinajstić information content (AvgIpc) is 2.73. The number of piperidine rings is 1. The highest BCUT2D eigenvalue weighted by Gasteiger charge is 2.37. The lowest BCUT2D eigenvalue weighted by molar-refractivity contribution is 0.112. The molecule has 3 aromatic rings. The van der Waals surface area contributed by atoms with E-state index in [0.717, 1.165) is 60.8 Å². The summed E-state index contributed by atoms with van der Waals surface area (Å²) in [5.74, 6) is 1.53. The van der Waals surface area contributed by atoms with Crippen LogP contribution < -0.4 is 11.1 Å². The summed E-state index contributed by atoms with van der Waals surface area (Å²) in [7, 11) is 0. The number of pyridine rings is 1. The molecule has 1 N–H and O–H groups in total. The van der Waals surface area contributed by atoms with E-state index >= 15 is 0 Å². The molecule has 2 bridgehead atoms. The van der Waals surface area contributed by atoms with Crippen LogP contribution in [0.1, 0.15) is 48.8 Å². The molecule has 6 rings (SSSR count). The number of fused-ring (bicyclic) bond motifs is 7. The van der Waals surface area contributed by atoms with E-state index in [9.17, 15) is 9.59 Å². The SMILES string of the molecule is CC1(C)Cc2ccccc2-c2nc(CN3C[C@H]4C[C@@H](C3)c3cccc(=O)n3C4)[nH]c(=O)c21. The van der Waals surface area contributed by atoms with Gasteiger partial charge in [-0.15, -0.1) is 0 Å². The molecule has 2 aliphatic heterocycles. The fraction of sp³-hybridized carbons (Fsp3) is 0.423. The second kappa shape index (κ2) is 7.01. The third-order valence-corrected chi connectivity index (χ3v) is 7.48. The van der Waals surface area contributed by atoms with E-state index in [1.807, 2.05) is 16.7 Å². The van der Waals surface area contributed by atoms with Gasteiger partial charge in [0.2, 0.25) is 0 Å². The molecule has 6 nitrogen and oxygen atoms in total. The van der Waals surface area contributed by atoms with Crippen molar-refractivity contribution in [3.63, 3.8) is 0 Å². The Labute approximate surface area is 186 Å². The van der Waals surface area contributed by atoms with Crippen LogP contribution in [0.3, 0.4) is 0 Å². The highest BCUT2D eigenvalue weighted by atomic mass is 16.1. The molecule has 1 saturated heterocycles. The summed E-state index contributed by atoms with van der Waals surface area (Å²) in [6.07, 6.45) is 1.96. The number of nitrogens with zero attached hydrogens (tertiary/aromatic N) is 3. The largest absolute Gasteiger partial charge is 0.312 e. The van der Waals surface area contributed by atoms with Crippen molar-refractivity contribution < 1.29 is 0 Å². The second-order valence-corrected chi connectivity index (χ2v) is 10.3. The number of likely N-dealkylation sites (tertiary alicyclic amines) is 1. The van der Waals surface area contributed by atoms with Crippen molar-refractivity contribution in [2.24, 2.45) is 5.92 Å². The summed E-state index contributed by atoms with van der Waals surface area (Å²) in [5.41, 5.74) is 4.95. The Morgan fingerprint density at radius 2 is 1.91 bits per heavy atom. The highest BCUT2D eigenvalue weighted by Crippen LogP contribution is 2.40. The van der Waals surface area contributed by atoms with Crippen LogP contribution in [0.2, 0.25) is 0 Å². The van der Waals surface area contributed by atoms with Crippen LogP contribution in [-0.2, 0) is 24.9 Å². The zero-order chi connectivity index (χ0) is 22.0. The third-order valence-electron chi connectivity index (χ3n) is 7.48. The second-order valence-electron chi connectivity index (χ2n) is 10.3. The monoisotopic (exact) mass is 428 g/mol. The molecule has 2 atom stereocenters. The van der Waals surface area contributed by atoms with Gasteiger partial charge < -0.3 is 9.55 Å². The first-order chi connectivity index (χ1) is 15.4. The van der Waals surface area contributed by atoms with Gasteiger partial charge in [-0.25, -0.2) is 4.98 Å². The molecule has 3 aliphatic rings. The van der Waals surface area contributed by atoms with Gasteiger partial charge in [-0.05, 0) is 30.4 Å². The quantitative estimate of drug-likeness (QED) is 0.681. The number of benzene rings is 1. The van der Waals surface area contributed by atoms with Crippen LogP contribution >= 0.6 is 0 Å². The molecule has 0 saturated carbocycles. The average molecular weight is 429 g/mol. The lowest BCUT2D eigenvalue weighted by Gasteiger charge is -2.42. The number of aromatic nitrogens is 3. The fourth-order valence-electron chi connectivity index (χ4n) is 6.22. The zero-order valence-corrected chi connectivity index (χ0v) is 18.6.